The number of aromatic nitrogens is 2. The Hall–Kier alpha value is -0.200. The van der Waals surface area contributed by atoms with E-state index in [1.54, 1.807) is 0 Å². The summed E-state index contributed by atoms with van der Waals surface area (Å²) >= 11 is 3.95. The van der Waals surface area contributed by atoms with Gasteiger partial charge in [-0.05, 0) is 25.8 Å². The smallest absolute Gasteiger partial charge is 0.246 e. The van der Waals surface area contributed by atoms with Gasteiger partial charge in [0.05, 0.1) is 10.8 Å². The molecule has 0 amide bonds. The summed E-state index contributed by atoms with van der Waals surface area (Å²) in [6.07, 6.45) is 4.54. The first-order valence-corrected chi connectivity index (χ1v) is 9.33. The van der Waals surface area contributed by atoms with Crippen molar-refractivity contribution in [2.24, 2.45) is 0 Å². The van der Waals surface area contributed by atoms with Gasteiger partial charge in [0.1, 0.15) is 0 Å². The van der Waals surface area contributed by atoms with Crippen LogP contribution >= 0.6 is 23.5 Å². The third-order valence-corrected chi connectivity index (χ3v) is 6.63. The first-order valence-electron chi connectivity index (χ1n) is 7.12. The lowest BCUT2D eigenvalue weighted by atomic mass is 9.92. The fraction of sp³-hybridized carbons (Fsp3) is 0.846. The maximum absolute atomic E-state index is 5.61. The molecule has 1 aromatic heterocycles. The van der Waals surface area contributed by atoms with E-state index in [-0.39, 0.29) is 5.54 Å². The summed E-state index contributed by atoms with van der Waals surface area (Å²) in [7, 11) is 0. The Kier molecular flexibility index (Phi) is 4.39. The SMILES string of the molecule is CCCC1(c2nc(C3CSCCS3)no2)CCCN1. The van der Waals surface area contributed by atoms with Gasteiger partial charge in [0, 0.05) is 17.3 Å². The molecule has 0 radical (unpaired) electrons. The summed E-state index contributed by atoms with van der Waals surface area (Å²) < 4.78 is 5.61. The molecule has 6 heteroatoms. The van der Waals surface area contributed by atoms with Gasteiger partial charge in [-0.15, -0.1) is 11.8 Å². The number of nitrogens with one attached hydrogen (secondary N) is 1. The van der Waals surface area contributed by atoms with Crippen molar-refractivity contribution in [1.29, 1.82) is 0 Å². The van der Waals surface area contributed by atoms with Crippen LogP contribution in [0.1, 0.15) is 49.6 Å². The average molecular weight is 299 g/mol. The molecular weight excluding hydrogens is 278 g/mol. The van der Waals surface area contributed by atoms with Crippen LogP contribution in [0.4, 0.5) is 0 Å². The summed E-state index contributed by atoms with van der Waals surface area (Å²) in [6, 6.07) is 0. The molecule has 1 aromatic rings. The third-order valence-electron chi connectivity index (χ3n) is 3.88. The lowest BCUT2D eigenvalue weighted by Gasteiger charge is -2.24. The minimum Gasteiger partial charge on any atom is -0.337 e. The van der Waals surface area contributed by atoms with Crippen LogP contribution in [0.5, 0.6) is 0 Å². The Morgan fingerprint density at radius 3 is 3.11 bits per heavy atom. The molecule has 2 fully saturated rings. The van der Waals surface area contributed by atoms with Crippen molar-refractivity contribution < 1.29 is 4.52 Å². The highest BCUT2D eigenvalue weighted by Crippen LogP contribution is 2.38. The molecule has 0 saturated carbocycles. The number of thioether (sulfide) groups is 2. The second-order valence-electron chi connectivity index (χ2n) is 5.25. The Balaban J connectivity index is 1.79. The second kappa shape index (κ2) is 6.06. The third kappa shape index (κ3) is 2.81. The molecule has 106 valence electrons. The van der Waals surface area contributed by atoms with Crippen molar-refractivity contribution in [2.75, 3.05) is 23.8 Å². The van der Waals surface area contributed by atoms with E-state index in [1.807, 2.05) is 23.5 Å². The quantitative estimate of drug-likeness (QED) is 0.922. The highest BCUT2D eigenvalue weighted by atomic mass is 32.2. The molecule has 3 heterocycles. The Morgan fingerprint density at radius 1 is 1.47 bits per heavy atom. The van der Waals surface area contributed by atoms with Crippen LogP contribution in [0, 0.1) is 0 Å². The lowest BCUT2D eigenvalue weighted by molar-refractivity contribution is 0.240. The van der Waals surface area contributed by atoms with Gasteiger partial charge in [-0.25, -0.2) is 0 Å². The zero-order valence-electron chi connectivity index (χ0n) is 11.4. The lowest BCUT2D eigenvalue weighted by Crippen LogP contribution is -2.37. The monoisotopic (exact) mass is 299 g/mol. The van der Waals surface area contributed by atoms with E-state index in [1.165, 1.54) is 17.9 Å². The van der Waals surface area contributed by atoms with Gasteiger partial charge in [-0.1, -0.05) is 18.5 Å². The molecule has 0 aromatic carbocycles. The fourth-order valence-electron chi connectivity index (χ4n) is 2.93. The summed E-state index contributed by atoms with van der Waals surface area (Å²) in [6.45, 7) is 3.28. The van der Waals surface area contributed by atoms with E-state index in [0.717, 1.165) is 43.3 Å². The molecule has 2 saturated heterocycles. The van der Waals surface area contributed by atoms with Crippen LogP contribution in [0.3, 0.4) is 0 Å². The maximum Gasteiger partial charge on any atom is 0.246 e. The Labute approximate surface area is 122 Å². The zero-order valence-corrected chi connectivity index (χ0v) is 13.0. The van der Waals surface area contributed by atoms with Crippen molar-refractivity contribution in [3.8, 4) is 0 Å². The van der Waals surface area contributed by atoms with E-state index >= 15 is 0 Å². The predicted molar refractivity (Wildman–Crippen MR) is 80.6 cm³/mol. The maximum atomic E-state index is 5.61. The van der Waals surface area contributed by atoms with Gasteiger partial charge in [0.15, 0.2) is 5.82 Å². The van der Waals surface area contributed by atoms with Crippen molar-refractivity contribution in [2.45, 2.75) is 43.4 Å². The van der Waals surface area contributed by atoms with Crippen LogP contribution < -0.4 is 5.32 Å². The van der Waals surface area contributed by atoms with E-state index in [2.05, 4.69) is 17.4 Å². The predicted octanol–water partition coefficient (Wildman–Crippen LogP) is 2.97. The molecule has 4 nitrogen and oxygen atoms in total. The fourth-order valence-corrected chi connectivity index (χ4v) is 5.52. The molecule has 0 bridgehead atoms. The molecule has 19 heavy (non-hydrogen) atoms. The second-order valence-corrected chi connectivity index (χ2v) is 7.71. The molecule has 0 spiro atoms. The summed E-state index contributed by atoms with van der Waals surface area (Å²) in [5.41, 5.74) is -0.0491. The zero-order chi connectivity index (χ0) is 13.1. The Morgan fingerprint density at radius 2 is 2.42 bits per heavy atom. The number of hydrogen-bond acceptors (Lipinski definition) is 6. The first kappa shape index (κ1) is 13.8. The number of rotatable bonds is 4. The van der Waals surface area contributed by atoms with Gasteiger partial charge in [-0.2, -0.15) is 16.7 Å². The summed E-state index contributed by atoms with van der Waals surface area (Å²) in [4.78, 5) is 4.73. The minimum atomic E-state index is -0.0491. The van der Waals surface area contributed by atoms with Crippen LogP contribution in [0.2, 0.25) is 0 Å². The average Bonchev–Trinajstić information content (AvgIpc) is 3.09. The molecule has 0 aliphatic carbocycles. The van der Waals surface area contributed by atoms with Crippen LogP contribution in [0.15, 0.2) is 4.52 Å². The Bertz CT molecular complexity index is 412. The number of hydrogen-bond donors (Lipinski definition) is 1. The van der Waals surface area contributed by atoms with Crippen molar-refractivity contribution in [1.82, 2.24) is 15.5 Å². The topological polar surface area (TPSA) is 51.0 Å². The molecule has 2 unspecified atom stereocenters. The van der Waals surface area contributed by atoms with Gasteiger partial charge >= 0.3 is 0 Å². The summed E-state index contributed by atoms with van der Waals surface area (Å²) in [5, 5.41) is 8.26. The van der Waals surface area contributed by atoms with Gasteiger partial charge in [0.2, 0.25) is 5.89 Å². The molecular formula is C13H21N3OS2. The highest BCUT2D eigenvalue weighted by molar-refractivity contribution is 8.06. The minimum absolute atomic E-state index is 0.0491. The van der Waals surface area contributed by atoms with Crippen LogP contribution in [-0.4, -0.2) is 33.9 Å². The van der Waals surface area contributed by atoms with Gasteiger partial charge in [0.25, 0.3) is 0 Å². The number of nitrogens with zero attached hydrogens (tertiary/aromatic N) is 2. The van der Waals surface area contributed by atoms with Crippen LogP contribution in [0.25, 0.3) is 0 Å². The molecule has 2 aliphatic heterocycles. The van der Waals surface area contributed by atoms with E-state index in [0.29, 0.717) is 5.25 Å². The largest absolute Gasteiger partial charge is 0.337 e. The van der Waals surface area contributed by atoms with Gasteiger partial charge < -0.3 is 9.84 Å². The molecule has 2 atom stereocenters. The van der Waals surface area contributed by atoms with Crippen molar-refractivity contribution >= 4 is 23.5 Å². The van der Waals surface area contributed by atoms with E-state index < -0.39 is 0 Å². The van der Waals surface area contributed by atoms with Crippen molar-refractivity contribution in [3.05, 3.63) is 11.7 Å². The highest BCUT2D eigenvalue weighted by Gasteiger charge is 2.40. The van der Waals surface area contributed by atoms with E-state index in [9.17, 15) is 0 Å². The standard InChI is InChI=1S/C13H21N3OS2/c1-2-4-13(5-3-6-14-13)12-15-11(16-17-12)10-9-18-7-8-19-10/h10,14H,2-9H2,1H3. The van der Waals surface area contributed by atoms with Crippen molar-refractivity contribution in [3.63, 3.8) is 0 Å². The summed E-state index contributed by atoms with van der Waals surface area (Å²) in [5.74, 6) is 5.26. The van der Waals surface area contributed by atoms with Gasteiger partial charge in [-0.3, -0.25) is 0 Å². The first-order chi connectivity index (χ1) is 9.34. The van der Waals surface area contributed by atoms with Crippen LogP contribution in [-0.2, 0) is 5.54 Å². The normalized spacial score (nSPS) is 31.7. The molecule has 1 N–H and O–H groups in total. The molecule has 3 rings (SSSR count). The van der Waals surface area contributed by atoms with E-state index in [4.69, 9.17) is 9.51 Å². The molecule has 2 aliphatic rings.